The average Bonchev–Trinajstić information content (AvgIpc) is 2.89. The van der Waals surface area contributed by atoms with E-state index in [2.05, 4.69) is 15.4 Å². The third kappa shape index (κ3) is 3.08. The Balaban J connectivity index is 2.02. The molecule has 2 amide bonds. The van der Waals surface area contributed by atoms with Crippen LogP contribution in [-0.2, 0) is 4.79 Å². The quantitative estimate of drug-likeness (QED) is 0.755. The standard InChI is InChI=1S/C18H19N5O2/c1-10-9-11(2)23-17(20-10)14(12(3)22-23)18(25)21-15(16(19)24)13-7-5-4-6-8-13/h4-9,15H,1-3H3,(H2,19,24)(H,21,25)/t15-/m1/s1. The minimum Gasteiger partial charge on any atom is -0.368 e. The first-order chi connectivity index (χ1) is 11.9. The van der Waals surface area contributed by atoms with Gasteiger partial charge in [0.05, 0.1) is 5.69 Å². The van der Waals surface area contributed by atoms with E-state index in [0.29, 0.717) is 22.5 Å². The highest BCUT2D eigenvalue weighted by Crippen LogP contribution is 2.18. The minimum absolute atomic E-state index is 0.342. The molecule has 0 aliphatic carbocycles. The zero-order valence-electron chi connectivity index (χ0n) is 14.3. The van der Waals surface area contributed by atoms with E-state index in [9.17, 15) is 9.59 Å². The molecule has 0 bridgehead atoms. The van der Waals surface area contributed by atoms with E-state index >= 15 is 0 Å². The van der Waals surface area contributed by atoms with Crippen molar-refractivity contribution >= 4 is 17.5 Å². The molecule has 25 heavy (non-hydrogen) atoms. The van der Waals surface area contributed by atoms with Crippen molar-refractivity contribution in [2.45, 2.75) is 26.8 Å². The lowest BCUT2D eigenvalue weighted by atomic mass is 10.1. The third-order valence-corrected chi connectivity index (χ3v) is 3.99. The third-order valence-electron chi connectivity index (χ3n) is 3.99. The summed E-state index contributed by atoms with van der Waals surface area (Å²) >= 11 is 0. The van der Waals surface area contributed by atoms with Gasteiger partial charge in [-0.05, 0) is 32.4 Å². The molecule has 2 aromatic heterocycles. The molecule has 0 fully saturated rings. The molecule has 7 nitrogen and oxygen atoms in total. The number of carbonyl (C=O) groups excluding carboxylic acids is 2. The van der Waals surface area contributed by atoms with Crippen molar-refractivity contribution in [1.82, 2.24) is 19.9 Å². The van der Waals surface area contributed by atoms with Crippen LogP contribution in [-0.4, -0.2) is 26.4 Å². The molecule has 0 spiro atoms. The second-order valence-corrected chi connectivity index (χ2v) is 5.95. The number of fused-ring (bicyclic) bond motifs is 1. The fourth-order valence-corrected chi connectivity index (χ4v) is 2.86. The lowest BCUT2D eigenvalue weighted by molar-refractivity contribution is -0.120. The number of rotatable bonds is 4. The van der Waals surface area contributed by atoms with Crippen LogP contribution in [0.3, 0.4) is 0 Å². The van der Waals surface area contributed by atoms with Crippen molar-refractivity contribution in [2.24, 2.45) is 5.73 Å². The number of aryl methyl sites for hydroxylation is 3. The molecule has 7 heteroatoms. The van der Waals surface area contributed by atoms with Crippen LogP contribution in [0.4, 0.5) is 0 Å². The molecule has 1 atom stereocenters. The number of hydrogen-bond donors (Lipinski definition) is 2. The Labute approximate surface area is 144 Å². The molecule has 2 heterocycles. The maximum atomic E-state index is 12.8. The van der Waals surface area contributed by atoms with Crippen molar-refractivity contribution in [3.05, 3.63) is 64.6 Å². The first kappa shape index (κ1) is 16.6. The van der Waals surface area contributed by atoms with Crippen molar-refractivity contribution in [3.63, 3.8) is 0 Å². The molecule has 1 aromatic carbocycles. The van der Waals surface area contributed by atoms with E-state index < -0.39 is 17.9 Å². The van der Waals surface area contributed by atoms with Gasteiger partial charge in [-0.2, -0.15) is 5.10 Å². The van der Waals surface area contributed by atoms with Gasteiger partial charge in [0, 0.05) is 11.4 Å². The van der Waals surface area contributed by atoms with Gasteiger partial charge in [0.15, 0.2) is 5.65 Å². The number of nitrogens with zero attached hydrogens (tertiary/aromatic N) is 3. The molecule has 3 rings (SSSR count). The normalized spacial score (nSPS) is 12.1. The second-order valence-electron chi connectivity index (χ2n) is 5.95. The highest BCUT2D eigenvalue weighted by atomic mass is 16.2. The molecule has 0 saturated heterocycles. The number of primary amides is 1. The summed E-state index contributed by atoms with van der Waals surface area (Å²) in [5.74, 6) is -1.06. The summed E-state index contributed by atoms with van der Waals surface area (Å²) < 4.78 is 1.62. The predicted molar refractivity (Wildman–Crippen MR) is 93.0 cm³/mol. The van der Waals surface area contributed by atoms with Gasteiger partial charge in [0.2, 0.25) is 5.91 Å². The number of aromatic nitrogens is 3. The van der Waals surface area contributed by atoms with E-state index in [-0.39, 0.29) is 0 Å². The molecule has 0 aliphatic heterocycles. The van der Waals surface area contributed by atoms with Crippen LogP contribution in [0.25, 0.3) is 5.65 Å². The summed E-state index contributed by atoms with van der Waals surface area (Å²) in [6.07, 6.45) is 0. The molecular weight excluding hydrogens is 318 g/mol. The zero-order chi connectivity index (χ0) is 18.1. The lowest BCUT2D eigenvalue weighted by Gasteiger charge is -2.15. The Kier molecular flexibility index (Phi) is 4.22. The maximum absolute atomic E-state index is 12.8. The minimum atomic E-state index is -0.922. The van der Waals surface area contributed by atoms with Gasteiger partial charge in [-0.25, -0.2) is 9.50 Å². The van der Waals surface area contributed by atoms with Crippen LogP contribution in [0.2, 0.25) is 0 Å². The first-order valence-electron chi connectivity index (χ1n) is 7.87. The summed E-state index contributed by atoms with van der Waals surface area (Å²) in [4.78, 5) is 29.1. The Morgan fingerprint density at radius 2 is 1.84 bits per heavy atom. The van der Waals surface area contributed by atoms with Crippen LogP contribution in [0.5, 0.6) is 0 Å². The summed E-state index contributed by atoms with van der Waals surface area (Å²) in [5, 5.41) is 7.08. The smallest absolute Gasteiger partial charge is 0.257 e. The predicted octanol–water partition coefficient (Wildman–Crippen LogP) is 1.61. The highest BCUT2D eigenvalue weighted by Gasteiger charge is 2.25. The fraction of sp³-hybridized carbons (Fsp3) is 0.222. The van der Waals surface area contributed by atoms with Gasteiger partial charge in [-0.1, -0.05) is 30.3 Å². The summed E-state index contributed by atoms with van der Waals surface area (Å²) in [6, 6.07) is 9.84. The van der Waals surface area contributed by atoms with Gasteiger partial charge in [-0.15, -0.1) is 0 Å². The van der Waals surface area contributed by atoms with E-state index in [0.717, 1.165) is 11.4 Å². The zero-order valence-corrected chi connectivity index (χ0v) is 14.3. The average molecular weight is 337 g/mol. The number of benzene rings is 1. The van der Waals surface area contributed by atoms with E-state index in [4.69, 9.17) is 5.73 Å². The van der Waals surface area contributed by atoms with Crippen LogP contribution in [0.15, 0.2) is 36.4 Å². The SMILES string of the molecule is Cc1cc(C)n2nc(C)c(C(=O)N[C@@H](C(N)=O)c3ccccc3)c2n1. The summed E-state index contributed by atoms with van der Waals surface area (Å²) in [5.41, 5.74) is 9.10. The molecule has 3 aromatic rings. The summed E-state index contributed by atoms with van der Waals surface area (Å²) in [6.45, 7) is 5.49. The topological polar surface area (TPSA) is 102 Å². The Morgan fingerprint density at radius 3 is 2.48 bits per heavy atom. The number of amides is 2. The molecule has 128 valence electrons. The largest absolute Gasteiger partial charge is 0.368 e. The second kappa shape index (κ2) is 6.35. The first-order valence-corrected chi connectivity index (χ1v) is 7.87. The van der Waals surface area contributed by atoms with Gasteiger partial charge in [-0.3, -0.25) is 9.59 Å². The number of carbonyl (C=O) groups is 2. The molecule has 0 unspecified atom stereocenters. The van der Waals surface area contributed by atoms with Crippen molar-refractivity contribution in [2.75, 3.05) is 0 Å². The number of nitrogens with two attached hydrogens (primary N) is 1. The van der Waals surface area contributed by atoms with E-state index in [1.165, 1.54) is 0 Å². The Hall–Kier alpha value is -3.22. The van der Waals surface area contributed by atoms with Crippen molar-refractivity contribution in [1.29, 1.82) is 0 Å². The van der Waals surface area contributed by atoms with Crippen molar-refractivity contribution in [3.8, 4) is 0 Å². The van der Waals surface area contributed by atoms with Crippen molar-refractivity contribution < 1.29 is 9.59 Å². The monoisotopic (exact) mass is 337 g/mol. The van der Waals surface area contributed by atoms with Gasteiger partial charge >= 0.3 is 0 Å². The molecule has 0 saturated carbocycles. The maximum Gasteiger partial charge on any atom is 0.257 e. The van der Waals surface area contributed by atoms with E-state index in [1.807, 2.05) is 26.0 Å². The molecular formula is C18H19N5O2. The molecule has 0 aliphatic rings. The van der Waals surface area contributed by atoms with E-state index in [1.54, 1.807) is 35.7 Å². The Morgan fingerprint density at radius 1 is 1.16 bits per heavy atom. The fourth-order valence-electron chi connectivity index (χ4n) is 2.86. The van der Waals surface area contributed by atoms with Crippen LogP contribution in [0.1, 0.15) is 39.0 Å². The van der Waals surface area contributed by atoms with Crippen LogP contribution in [0, 0.1) is 20.8 Å². The van der Waals surface area contributed by atoms with Gasteiger partial charge in [0.1, 0.15) is 11.6 Å². The van der Waals surface area contributed by atoms with Gasteiger partial charge < -0.3 is 11.1 Å². The number of nitrogens with one attached hydrogen (secondary N) is 1. The Bertz CT molecular complexity index is 963. The molecule has 0 radical (unpaired) electrons. The van der Waals surface area contributed by atoms with Gasteiger partial charge in [0.25, 0.3) is 5.91 Å². The highest BCUT2D eigenvalue weighted by molar-refractivity contribution is 6.03. The van der Waals surface area contributed by atoms with Crippen LogP contribution < -0.4 is 11.1 Å². The lowest BCUT2D eigenvalue weighted by Crippen LogP contribution is -2.37. The number of hydrogen-bond acceptors (Lipinski definition) is 4. The molecule has 3 N–H and O–H groups in total. The summed E-state index contributed by atoms with van der Waals surface area (Å²) in [7, 11) is 0. The van der Waals surface area contributed by atoms with Crippen LogP contribution >= 0.6 is 0 Å².